The molecular weight excluding hydrogens is 296 g/mol. The van der Waals surface area contributed by atoms with Gasteiger partial charge in [-0.05, 0) is 38.1 Å². The summed E-state index contributed by atoms with van der Waals surface area (Å²) in [6.45, 7) is 4.92. The highest BCUT2D eigenvalue weighted by Gasteiger charge is 2.22. The van der Waals surface area contributed by atoms with Gasteiger partial charge in [0.25, 0.3) is 15.9 Å². The van der Waals surface area contributed by atoms with Gasteiger partial charge in [-0.2, -0.15) is 0 Å². The number of ether oxygens (including phenoxy) is 1. The quantitative estimate of drug-likeness (QED) is 0.792. The van der Waals surface area contributed by atoms with Crippen LogP contribution in [0.4, 0.5) is 0 Å². The average molecular weight is 314 g/mol. The Balaban J connectivity index is 2.81. The topological polar surface area (TPSA) is 102 Å². The van der Waals surface area contributed by atoms with Gasteiger partial charge in [-0.1, -0.05) is 0 Å². The zero-order chi connectivity index (χ0) is 16.0. The molecule has 7 nitrogen and oxygen atoms in total. The van der Waals surface area contributed by atoms with Gasteiger partial charge >= 0.3 is 0 Å². The van der Waals surface area contributed by atoms with Crippen LogP contribution >= 0.6 is 0 Å². The van der Waals surface area contributed by atoms with Gasteiger partial charge in [0.2, 0.25) is 5.91 Å². The molecule has 1 rings (SSSR count). The highest BCUT2D eigenvalue weighted by atomic mass is 32.2. The third-order valence-electron chi connectivity index (χ3n) is 2.49. The molecule has 2 amide bonds. The van der Waals surface area contributed by atoms with Gasteiger partial charge in [-0.25, -0.2) is 13.1 Å². The first-order valence-electron chi connectivity index (χ1n) is 6.33. The predicted octanol–water partition coefficient (Wildman–Crippen LogP) is 0.415. The van der Waals surface area contributed by atoms with Crippen LogP contribution in [0.1, 0.15) is 20.8 Å². The Bertz CT molecular complexity index is 610. The molecule has 0 bridgehead atoms. The molecule has 116 valence electrons. The molecule has 0 saturated carbocycles. The van der Waals surface area contributed by atoms with Crippen molar-refractivity contribution >= 4 is 21.8 Å². The first-order valence-corrected chi connectivity index (χ1v) is 7.81. The van der Waals surface area contributed by atoms with Crippen molar-refractivity contribution in [3.8, 4) is 5.75 Å². The summed E-state index contributed by atoms with van der Waals surface area (Å²) < 4.78 is 31.1. The molecule has 0 unspecified atom stereocenters. The number of rotatable bonds is 6. The van der Waals surface area contributed by atoms with E-state index in [0.717, 1.165) is 0 Å². The molecule has 0 fully saturated rings. The minimum absolute atomic E-state index is 0.0608. The van der Waals surface area contributed by atoms with Crippen LogP contribution in [-0.2, 0) is 19.6 Å². The summed E-state index contributed by atoms with van der Waals surface area (Å²) in [6.07, 6.45) is 0. The Morgan fingerprint density at radius 1 is 1.24 bits per heavy atom. The number of hydrogen-bond donors (Lipinski definition) is 2. The molecule has 8 heteroatoms. The van der Waals surface area contributed by atoms with E-state index in [0.29, 0.717) is 12.4 Å². The third kappa shape index (κ3) is 5.07. The summed E-state index contributed by atoms with van der Waals surface area (Å²) in [7, 11) is -3.98. The van der Waals surface area contributed by atoms with Gasteiger partial charge in [-0.15, -0.1) is 0 Å². The van der Waals surface area contributed by atoms with E-state index in [1.807, 2.05) is 11.6 Å². The number of carbonyl (C=O) groups is 2. The number of carbonyl (C=O) groups excluding carboxylic acids is 2. The fourth-order valence-corrected chi connectivity index (χ4v) is 2.59. The summed E-state index contributed by atoms with van der Waals surface area (Å²) in [5.41, 5.74) is 0. The Morgan fingerprint density at radius 3 is 2.29 bits per heavy atom. The van der Waals surface area contributed by atoms with Crippen molar-refractivity contribution in [3.63, 3.8) is 0 Å². The maximum absolute atomic E-state index is 12.0. The number of sulfonamides is 1. The first-order chi connectivity index (χ1) is 9.76. The number of benzene rings is 1. The van der Waals surface area contributed by atoms with Crippen molar-refractivity contribution in [2.24, 2.45) is 0 Å². The molecule has 1 aromatic rings. The molecule has 1 atom stereocenters. The number of amides is 2. The van der Waals surface area contributed by atoms with Crippen molar-refractivity contribution in [1.29, 1.82) is 0 Å². The molecular formula is C13H18N2O5S. The van der Waals surface area contributed by atoms with E-state index in [9.17, 15) is 18.0 Å². The molecule has 0 heterocycles. The van der Waals surface area contributed by atoms with Gasteiger partial charge in [0, 0.05) is 6.92 Å². The van der Waals surface area contributed by atoms with Gasteiger partial charge in [0.1, 0.15) is 11.8 Å². The minimum atomic E-state index is -3.98. The number of hydrogen-bond acceptors (Lipinski definition) is 5. The Labute approximate surface area is 123 Å². The summed E-state index contributed by atoms with van der Waals surface area (Å²) in [4.78, 5) is 22.5. The van der Waals surface area contributed by atoms with Crippen LogP contribution in [0, 0.1) is 0 Å². The van der Waals surface area contributed by atoms with Crippen molar-refractivity contribution in [2.45, 2.75) is 31.7 Å². The van der Waals surface area contributed by atoms with E-state index >= 15 is 0 Å². The second-order valence-corrected chi connectivity index (χ2v) is 5.98. The molecule has 0 aliphatic heterocycles. The van der Waals surface area contributed by atoms with E-state index < -0.39 is 27.9 Å². The lowest BCUT2D eigenvalue weighted by atomic mass is 10.3. The second kappa shape index (κ2) is 7.07. The average Bonchev–Trinajstić information content (AvgIpc) is 2.38. The highest BCUT2D eigenvalue weighted by Crippen LogP contribution is 2.15. The first kappa shape index (κ1) is 17.0. The largest absolute Gasteiger partial charge is 0.494 e. The number of nitrogens with one attached hydrogen (secondary N) is 2. The molecule has 0 aliphatic carbocycles. The monoisotopic (exact) mass is 314 g/mol. The highest BCUT2D eigenvalue weighted by molar-refractivity contribution is 7.90. The zero-order valence-corrected chi connectivity index (χ0v) is 12.9. The van der Waals surface area contributed by atoms with Crippen LogP contribution in [0.5, 0.6) is 5.75 Å². The fraction of sp³-hybridized carbons (Fsp3) is 0.385. The van der Waals surface area contributed by atoms with E-state index in [4.69, 9.17) is 4.74 Å². The SMILES string of the molecule is CCOc1ccc(S(=O)(=O)NC(=O)[C@@H](C)NC(C)=O)cc1. The van der Waals surface area contributed by atoms with E-state index in [1.54, 1.807) is 0 Å². The van der Waals surface area contributed by atoms with Gasteiger partial charge in [0.15, 0.2) is 0 Å². The molecule has 0 spiro atoms. The van der Waals surface area contributed by atoms with Crippen molar-refractivity contribution in [2.75, 3.05) is 6.61 Å². The lowest BCUT2D eigenvalue weighted by molar-refractivity contribution is -0.126. The predicted molar refractivity (Wildman–Crippen MR) is 76.2 cm³/mol. The molecule has 0 radical (unpaired) electrons. The Morgan fingerprint density at radius 2 is 1.81 bits per heavy atom. The lowest BCUT2D eigenvalue weighted by Crippen LogP contribution is -2.45. The molecule has 2 N–H and O–H groups in total. The standard InChI is InChI=1S/C13H18N2O5S/c1-4-20-11-5-7-12(8-6-11)21(18,19)15-13(17)9(2)14-10(3)16/h5-9H,4H2,1-3H3,(H,14,16)(H,15,17)/t9-/m1/s1. The summed E-state index contributed by atoms with van der Waals surface area (Å²) >= 11 is 0. The fourth-order valence-electron chi connectivity index (χ4n) is 1.53. The molecule has 1 aromatic carbocycles. The summed E-state index contributed by atoms with van der Waals surface area (Å²) in [6, 6.07) is 4.73. The molecule has 0 aliphatic rings. The van der Waals surface area contributed by atoms with Gasteiger partial charge in [-0.3, -0.25) is 9.59 Å². The zero-order valence-electron chi connectivity index (χ0n) is 12.0. The summed E-state index contributed by atoms with van der Waals surface area (Å²) in [5.74, 6) is -0.690. The van der Waals surface area contributed by atoms with Gasteiger partial charge in [0.05, 0.1) is 11.5 Å². The Hall–Kier alpha value is -2.09. The van der Waals surface area contributed by atoms with E-state index in [-0.39, 0.29) is 4.90 Å². The Kier molecular flexibility index (Phi) is 5.71. The van der Waals surface area contributed by atoms with Crippen LogP contribution < -0.4 is 14.8 Å². The summed E-state index contributed by atoms with van der Waals surface area (Å²) in [5, 5.41) is 2.31. The van der Waals surface area contributed by atoms with Crippen LogP contribution in [0.25, 0.3) is 0 Å². The smallest absolute Gasteiger partial charge is 0.264 e. The maximum Gasteiger partial charge on any atom is 0.264 e. The normalized spacial score (nSPS) is 12.3. The van der Waals surface area contributed by atoms with Crippen molar-refractivity contribution in [1.82, 2.24) is 10.0 Å². The van der Waals surface area contributed by atoms with Crippen LogP contribution in [0.2, 0.25) is 0 Å². The van der Waals surface area contributed by atoms with Crippen LogP contribution in [-0.4, -0.2) is 32.9 Å². The van der Waals surface area contributed by atoms with Crippen molar-refractivity contribution < 1.29 is 22.7 Å². The van der Waals surface area contributed by atoms with E-state index in [1.165, 1.54) is 38.1 Å². The maximum atomic E-state index is 12.0. The second-order valence-electron chi connectivity index (χ2n) is 4.30. The molecule has 21 heavy (non-hydrogen) atoms. The lowest BCUT2D eigenvalue weighted by Gasteiger charge is -2.13. The van der Waals surface area contributed by atoms with Gasteiger partial charge < -0.3 is 10.1 Å². The van der Waals surface area contributed by atoms with E-state index in [2.05, 4.69) is 5.32 Å². The van der Waals surface area contributed by atoms with Crippen LogP contribution in [0.15, 0.2) is 29.2 Å². The molecule has 0 aromatic heterocycles. The van der Waals surface area contributed by atoms with Crippen molar-refractivity contribution in [3.05, 3.63) is 24.3 Å². The van der Waals surface area contributed by atoms with Crippen LogP contribution in [0.3, 0.4) is 0 Å². The molecule has 0 saturated heterocycles. The minimum Gasteiger partial charge on any atom is -0.494 e. The third-order valence-corrected chi connectivity index (χ3v) is 3.86.